The molecule has 30 heavy (non-hydrogen) atoms. The van der Waals surface area contributed by atoms with Gasteiger partial charge >= 0.3 is 0 Å². The first-order valence-electron chi connectivity index (χ1n) is 10.3. The molecule has 1 saturated heterocycles. The number of nitrogens with one attached hydrogen (secondary N) is 1. The molecule has 2 N–H and O–H groups in total. The van der Waals surface area contributed by atoms with Crippen LogP contribution in [0.15, 0.2) is 66.9 Å². The fourth-order valence-corrected chi connectivity index (χ4v) is 4.27. The van der Waals surface area contributed by atoms with Crippen LogP contribution in [-0.4, -0.2) is 46.6 Å². The molecule has 2 fully saturated rings. The number of aliphatic hydroxyl groups is 1. The second kappa shape index (κ2) is 8.38. The highest BCUT2D eigenvalue weighted by Gasteiger charge is 2.52. The highest BCUT2D eigenvalue weighted by molar-refractivity contribution is 7.59. The van der Waals surface area contributed by atoms with Crippen molar-refractivity contribution in [3.05, 3.63) is 78.0 Å². The number of aromatic nitrogens is 1. The quantitative estimate of drug-likeness (QED) is 0.642. The van der Waals surface area contributed by atoms with Gasteiger partial charge in [-0.1, -0.05) is 48.5 Å². The predicted octanol–water partition coefficient (Wildman–Crippen LogP) is 2.91. The molecule has 2 heterocycles. The zero-order valence-corrected chi connectivity index (χ0v) is 17.8. The van der Waals surface area contributed by atoms with Gasteiger partial charge in [0.2, 0.25) is 5.91 Å². The number of para-hydroxylation sites is 1. The van der Waals surface area contributed by atoms with Crippen LogP contribution in [0.25, 0.3) is 10.9 Å². The van der Waals surface area contributed by atoms with Gasteiger partial charge in [0.25, 0.3) is 0 Å². The maximum absolute atomic E-state index is 13.4. The first kappa shape index (κ1) is 20.8. The van der Waals surface area contributed by atoms with Crippen molar-refractivity contribution in [2.45, 2.75) is 30.4 Å². The van der Waals surface area contributed by atoms with Crippen LogP contribution < -0.4 is 5.32 Å². The topological polar surface area (TPSA) is 65.5 Å². The third-order valence-corrected chi connectivity index (χ3v) is 6.21. The van der Waals surface area contributed by atoms with Gasteiger partial charge in [-0.3, -0.25) is 14.7 Å². The number of benzene rings is 2. The maximum atomic E-state index is 13.4. The van der Waals surface area contributed by atoms with Gasteiger partial charge in [-0.25, -0.2) is 0 Å². The summed E-state index contributed by atoms with van der Waals surface area (Å²) in [6.45, 7) is 2.04. The minimum Gasteiger partial charge on any atom is -0.390 e. The van der Waals surface area contributed by atoms with E-state index in [2.05, 4.69) is 33.4 Å². The van der Waals surface area contributed by atoms with E-state index in [4.69, 9.17) is 0 Å². The summed E-state index contributed by atoms with van der Waals surface area (Å²) in [4.78, 5) is 20.1. The van der Waals surface area contributed by atoms with Crippen LogP contribution in [0.3, 0.4) is 0 Å². The summed E-state index contributed by atoms with van der Waals surface area (Å²) in [7, 11) is 0. The second-order valence-corrected chi connectivity index (χ2v) is 8.31. The number of carbonyl (C=O) groups is 1. The smallest absolute Gasteiger partial charge is 0.231 e. The molecule has 1 aliphatic heterocycles. The molecule has 6 heteroatoms. The Labute approximate surface area is 183 Å². The normalized spacial score (nSPS) is 18.8. The maximum Gasteiger partial charge on any atom is 0.231 e. The molecule has 0 radical (unpaired) electrons. The number of hydrogen-bond acceptors (Lipinski definition) is 4. The molecule has 0 spiro atoms. The number of amides is 1. The standard InChI is InChI=1S/C24H25N3O2.H2S/c28-20-14-27(15-20)16-22(17-6-2-1-3-7-17)26-23(29)24(10-11-24)19-12-18-8-4-5-9-21(18)25-13-19;/h1-9,12-13,20,22,28H,10-11,14-16H2,(H,26,29);1H2/t22-;/m1./s1. The highest BCUT2D eigenvalue weighted by atomic mass is 32.1. The third-order valence-electron chi connectivity index (χ3n) is 6.21. The zero-order chi connectivity index (χ0) is 19.8. The van der Waals surface area contributed by atoms with E-state index in [9.17, 15) is 9.90 Å². The molecular formula is C24H27N3O2S. The number of rotatable bonds is 6. The van der Waals surface area contributed by atoms with E-state index in [0.717, 1.165) is 34.9 Å². The molecule has 1 saturated carbocycles. The van der Waals surface area contributed by atoms with E-state index in [1.165, 1.54) is 0 Å². The van der Waals surface area contributed by atoms with Gasteiger partial charge in [0.1, 0.15) is 0 Å². The summed E-state index contributed by atoms with van der Waals surface area (Å²) in [6.07, 6.45) is 3.31. The van der Waals surface area contributed by atoms with Crippen molar-refractivity contribution in [3.63, 3.8) is 0 Å². The molecule has 5 rings (SSSR count). The number of fused-ring (bicyclic) bond motifs is 1. The summed E-state index contributed by atoms with van der Waals surface area (Å²) in [6, 6.07) is 20.1. The molecule has 0 bridgehead atoms. The number of nitrogens with zero attached hydrogens (tertiary/aromatic N) is 2. The van der Waals surface area contributed by atoms with E-state index in [1.807, 2.05) is 48.7 Å². The van der Waals surface area contributed by atoms with E-state index in [1.54, 1.807) is 0 Å². The van der Waals surface area contributed by atoms with Gasteiger partial charge in [0.05, 0.1) is 23.1 Å². The van der Waals surface area contributed by atoms with Gasteiger partial charge < -0.3 is 10.4 Å². The van der Waals surface area contributed by atoms with Crippen LogP contribution in [-0.2, 0) is 10.2 Å². The lowest BCUT2D eigenvalue weighted by molar-refractivity contribution is -0.124. The molecule has 5 nitrogen and oxygen atoms in total. The van der Waals surface area contributed by atoms with Gasteiger partial charge in [-0.2, -0.15) is 13.5 Å². The Morgan fingerprint density at radius 1 is 1.13 bits per heavy atom. The summed E-state index contributed by atoms with van der Waals surface area (Å²) >= 11 is 0. The molecule has 1 aromatic heterocycles. The number of likely N-dealkylation sites (tertiary alicyclic amines) is 1. The van der Waals surface area contributed by atoms with Gasteiger partial charge in [-0.15, -0.1) is 0 Å². The number of hydrogen-bond donors (Lipinski definition) is 2. The molecule has 156 valence electrons. The van der Waals surface area contributed by atoms with Crippen LogP contribution in [0.5, 0.6) is 0 Å². The molecule has 2 aliphatic rings. The van der Waals surface area contributed by atoms with E-state index >= 15 is 0 Å². The Hall–Kier alpha value is -2.41. The Morgan fingerprint density at radius 3 is 2.53 bits per heavy atom. The Morgan fingerprint density at radius 2 is 1.83 bits per heavy atom. The lowest BCUT2D eigenvalue weighted by Crippen LogP contribution is -2.54. The second-order valence-electron chi connectivity index (χ2n) is 8.31. The van der Waals surface area contributed by atoms with Crippen LogP contribution in [0, 0.1) is 0 Å². The number of pyridine rings is 1. The minimum absolute atomic E-state index is 0. The number of β-amino-alcohol motifs (C(OH)–C–C–N with tert-alkyl or cyclic N) is 1. The summed E-state index contributed by atoms with van der Waals surface area (Å²) < 4.78 is 0. The van der Waals surface area contributed by atoms with E-state index in [0.29, 0.717) is 19.6 Å². The van der Waals surface area contributed by atoms with Crippen molar-refractivity contribution in [1.29, 1.82) is 0 Å². The highest BCUT2D eigenvalue weighted by Crippen LogP contribution is 2.49. The largest absolute Gasteiger partial charge is 0.390 e. The average Bonchev–Trinajstić information content (AvgIpc) is 3.54. The average molecular weight is 422 g/mol. The van der Waals surface area contributed by atoms with Crippen LogP contribution in [0.1, 0.15) is 30.0 Å². The molecule has 0 unspecified atom stereocenters. The van der Waals surface area contributed by atoms with Crippen LogP contribution in [0.2, 0.25) is 0 Å². The monoisotopic (exact) mass is 421 g/mol. The summed E-state index contributed by atoms with van der Waals surface area (Å²) in [5.41, 5.74) is 2.57. The van der Waals surface area contributed by atoms with Gasteiger partial charge in [0.15, 0.2) is 0 Å². The zero-order valence-electron chi connectivity index (χ0n) is 16.8. The molecule has 1 atom stereocenters. The van der Waals surface area contributed by atoms with Crippen molar-refractivity contribution in [3.8, 4) is 0 Å². The van der Waals surface area contributed by atoms with E-state index < -0.39 is 5.41 Å². The SMILES string of the molecule is O=C(N[C@H](CN1CC(O)C1)c1ccccc1)C1(c2cnc3ccccc3c2)CC1.S. The lowest BCUT2D eigenvalue weighted by Gasteiger charge is -2.38. The number of aliphatic hydroxyl groups excluding tert-OH is 1. The van der Waals surface area contributed by atoms with Crippen molar-refractivity contribution in [2.24, 2.45) is 0 Å². The lowest BCUT2D eigenvalue weighted by atomic mass is 9.94. The van der Waals surface area contributed by atoms with Crippen molar-refractivity contribution < 1.29 is 9.90 Å². The minimum atomic E-state index is -0.474. The Balaban J connectivity index is 0.00000218. The fraction of sp³-hybridized carbons (Fsp3) is 0.333. The third kappa shape index (κ3) is 3.95. The van der Waals surface area contributed by atoms with Crippen LogP contribution >= 0.6 is 13.5 Å². The van der Waals surface area contributed by atoms with E-state index in [-0.39, 0.29) is 31.5 Å². The first-order valence-corrected chi connectivity index (χ1v) is 10.3. The van der Waals surface area contributed by atoms with Crippen molar-refractivity contribution in [1.82, 2.24) is 15.2 Å². The fourth-order valence-electron chi connectivity index (χ4n) is 4.27. The summed E-state index contributed by atoms with van der Waals surface area (Å²) in [5, 5.41) is 14.0. The van der Waals surface area contributed by atoms with Gasteiger partial charge in [0, 0.05) is 31.2 Å². The predicted molar refractivity (Wildman–Crippen MR) is 123 cm³/mol. The van der Waals surface area contributed by atoms with Crippen molar-refractivity contribution >= 4 is 30.3 Å². The van der Waals surface area contributed by atoms with Crippen LogP contribution in [0.4, 0.5) is 0 Å². The molecule has 1 aliphatic carbocycles. The molecular weight excluding hydrogens is 394 g/mol. The molecule has 3 aromatic rings. The molecule has 1 amide bonds. The van der Waals surface area contributed by atoms with Gasteiger partial charge in [-0.05, 0) is 36.1 Å². The molecule has 2 aromatic carbocycles. The number of carbonyl (C=O) groups excluding carboxylic acids is 1. The summed E-state index contributed by atoms with van der Waals surface area (Å²) in [5.74, 6) is 0.0736. The Kier molecular flexibility index (Phi) is 5.82. The Bertz CT molecular complexity index is 1030. The van der Waals surface area contributed by atoms with Crippen molar-refractivity contribution in [2.75, 3.05) is 19.6 Å². The first-order chi connectivity index (χ1) is 14.1.